The summed E-state index contributed by atoms with van der Waals surface area (Å²) >= 11 is 0. The van der Waals surface area contributed by atoms with Crippen molar-refractivity contribution in [2.24, 2.45) is 11.5 Å². The number of rotatable bonds is 12. The molecule has 0 saturated carbocycles. The number of nitrogens with one attached hydrogen (secondary N) is 3. The van der Waals surface area contributed by atoms with Gasteiger partial charge in [0.05, 0.1) is 13.2 Å². The van der Waals surface area contributed by atoms with Crippen molar-refractivity contribution in [2.45, 2.75) is 56.8 Å². The van der Waals surface area contributed by atoms with E-state index in [2.05, 4.69) is 16.0 Å². The lowest BCUT2D eigenvalue weighted by Gasteiger charge is -2.29. The molecule has 0 unspecified atom stereocenters. The molecule has 6 amide bonds. The fraction of sp³-hybridized carbons (Fsp3) is 0.667. The fourth-order valence-electron chi connectivity index (χ4n) is 3.24. The lowest BCUT2D eigenvalue weighted by Crippen LogP contribution is -2.58. The smallest absolute Gasteiger partial charge is 0.248 e. The summed E-state index contributed by atoms with van der Waals surface area (Å²) in [6, 6.07) is -4.92. The van der Waals surface area contributed by atoms with Crippen molar-refractivity contribution >= 4 is 35.4 Å². The maximum absolute atomic E-state index is 12.7. The summed E-state index contributed by atoms with van der Waals surface area (Å²) < 4.78 is 0. The molecule has 0 aromatic rings. The number of primary amides is 2. The van der Waals surface area contributed by atoms with Crippen molar-refractivity contribution in [1.82, 2.24) is 20.9 Å². The van der Waals surface area contributed by atoms with Crippen LogP contribution in [-0.2, 0) is 28.8 Å². The Bertz CT molecular complexity index is 745. The van der Waals surface area contributed by atoms with Gasteiger partial charge in [0.1, 0.15) is 24.2 Å². The van der Waals surface area contributed by atoms with Crippen LogP contribution in [0.1, 0.15) is 32.6 Å². The molecule has 14 heteroatoms. The highest BCUT2D eigenvalue weighted by atomic mass is 16.3. The lowest BCUT2D eigenvalue weighted by atomic mass is 10.1. The first-order valence-electron chi connectivity index (χ1n) is 9.99. The van der Waals surface area contributed by atoms with Crippen molar-refractivity contribution in [1.29, 1.82) is 0 Å². The number of carbonyl (C=O) groups excluding carboxylic acids is 6. The summed E-state index contributed by atoms with van der Waals surface area (Å²) in [4.78, 5) is 72.5. The lowest BCUT2D eigenvalue weighted by molar-refractivity contribution is -0.143. The molecular formula is C18H30N6O8. The van der Waals surface area contributed by atoms with Gasteiger partial charge in [-0.25, -0.2) is 0 Å². The predicted molar refractivity (Wildman–Crippen MR) is 108 cm³/mol. The number of hydrogen-bond acceptors (Lipinski definition) is 8. The average Bonchev–Trinajstić information content (AvgIpc) is 3.21. The van der Waals surface area contributed by atoms with Gasteiger partial charge in [0.2, 0.25) is 35.4 Å². The van der Waals surface area contributed by atoms with Gasteiger partial charge in [-0.3, -0.25) is 28.8 Å². The Labute approximate surface area is 184 Å². The summed E-state index contributed by atoms with van der Waals surface area (Å²) in [5, 5.41) is 25.8. The zero-order valence-electron chi connectivity index (χ0n) is 17.7. The number of aliphatic hydroxyl groups is 2. The predicted octanol–water partition coefficient (Wildman–Crippen LogP) is -4.81. The molecule has 0 aromatic carbocycles. The maximum Gasteiger partial charge on any atom is 0.248 e. The second-order valence-corrected chi connectivity index (χ2v) is 7.34. The van der Waals surface area contributed by atoms with Gasteiger partial charge in [-0.2, -0.15) is 0 Å². The topological polar surface area (TPSA) is 234 Å². The SMILES string of the molecule is CC(=O)N[C@@H](CO)C(=O)N1CCC[C@H]1C(=O)N[C@@H](CO)C(=O)N[C@@H](CCC(N)=O)C(N)=O. The Kier molecular flexibility index (Phi) is 10.5. The minimum Gasteiger partial charge on any atom is -0.394 e. The van der Waals surface area contributed by atoms with Gasteiger partial charge >= 0.3 is 0 Å². The fourth-order valence-corrected chi connectivity index (χ4v) is 3.24. The molecule has 180 valence electrons. The van der Waals surface area contributed by atoms with Crippen LogP contribution in [0.25, 0.3) is 0 Å². The summed E-state index contributed by atoms with van der Waals surface area (Å²) in [6.45, 7) is -0.105. The molecule has 0 spiro atoms. The van der Waals surface area contributed by atoms with E-state index in [0.29, 0.717) is 6.42 Å². The van der Waals surface area contributed by atoms with Crippen LogP contribution in [-0.4, -0.2) is 94.5 Å². The molecule has 0 aromatic heterocycles. The second-order valence-electron chi connectivity index (χ2n) is 7.34. The zero-order valence-corrected chi connectivity index (χ0v) is 17.7. The molecule has 32 heavy (non-hydrogen) atoms. The van der Waals surface area contributed by atoms with Gasteiger partial charge in [-0.05, 0) is 19.3 Å². The van der Waals surface area contributed by atoms with Gasteiger partial charge in [0.15, 0.2) is 0 Å². The van der Waals surface area contributed by atoms with Gasteiger partial charge in [0, 0.05) is 19.9 Å². The molecular weight excluding hydrogens is 428 g/mol. The summed E-state index contributed by atoms with van der Waals surface area (Å²) in [5.41, 5.74) is 10.2. The van der Waals surface area contributed by atoms with Crippen LogP contribution < -0.4 is 27.4 Å². The molecule has 1 aliphatic rings. The standard InChI is InChI=1S/C18H30N6O8/c1-9(27)21-12(8-26)18(32)24-6-2-3-13(24)17(31)23-11(7-25)16(30)22-10(15(20)29)4-5-14(19)28/h10-13,25-26H,2-8H2,1H3,(H2,19,28)(H2,20,29)(H,21,27)(H,22,30)(H,23,31)/t10-,11-,12-,13-/m0/s1. The van der Waals surface area contributed by atoms with Gasteiger partial charge < -0.3 is 42.5 Å². The van der Waals surface area contributed by atoms with Gasteiger partial charge in [-0.1, -0.05) is 0 Å². The minimum absolute atomic E-state index is 0.154. The Balaban J connectivity index is 2.82. The number of nitrogens with zero attached hydrogens (tertiary/aromatic N) is 1. The molecule has 9 N–H and O–H groups in total. The monoisotopic (exact) mass is 458 g/mol. The first-order chi connectivity index (χ1) is 15.0. The zero-order chi connectivity index (χ0) is 24.4. The van der Waals surface area contributed by atoms with E-state index in [1.807, 2.05) is 0 Å². The van der Waals surface area contributed by atoms with E-state index in [0.717, 1.165) is 0 Å². The number of amides is 6. The highest BCUT2D eigenvalue weighted by Crippen LogP contribution is 2.19. The number of carbonyl (C=O) groups is 6. The van der Waals surface area contributed by atoms with Crippen LogP contribution in [0.5, 0.6) is 0 Å². The normalized spacial score (nSPS) is 18.2. The quantitative estimate of drug-likeness (QED) is 0.149. The van der Waals surface area contributed by atoms with Crippen molar-refractivity contribution in [3.63, 3.8) is 0 Å². The van der Waals surface area contributed by atoms with E-state index < -0.39 is 72.8 Å². The number of aliphatic hydroxyl groups excluding tert-OH is 2. The van der Waals surface area contributed by atoms with Gasteiger partial charge in [0.25, 0.3) is 0 Å². The molecule has 0 aliphatic carbocycles. The first kappa shape index (κ1) is 26.8. The molecule has 1 fully saturated rings. The first-order valence-corrected chi connectivity index (χ1v) is 9.99. The number of nitrogens with two attached hydrogens (primary N) is 2. The Hall–Kier alpha value is -3.26. The van der Waals surface area contributed by atoms with Crippen LogP contribution in [0.2, 0.25) is 0 Å². The van der Waals surface area contributed by atoms with E-state index in [4.69, 9.17) is 11.5 Å². The minimum atomic E-state index is -1.46. The molecule has 0 bridgehead atoms. The van der Waals surface area contributed by atoms with Gasteiger partial charge in [-0.15, -0.1) is 0 Å². The Morgan fingerprint density at radius 3 is 2.09 bits per heavy atom. The van der Waals surface area contributed by atoms with Crippen molar-refractivity contribution in [3.8, 4) is 0 Å². The molecule has 14 nitrogen and oxygen atoms in total. The summed E-state index contributed by atoms with van der Waals surface area (Å²) in [5.74, 6) is -4.48. The van der Waals surface area contributed by atoms with Crippen molar-refractivity contribution in [3.05, 3.63) is 0 Å². The molecule has 1 heterocycles. The second kappa shape index (κ2) is 12.6. The van der Waals surface area contributed by atoms with E-state index in [-0.39, 0.29) is 25.8 Å². The van der Waals surface area contributed by atoms with E-state index in [1.54, 1.807) is 0 Å². The molecule has 0 radical (unpaired) electrons. The molecule has 1 saturated heterocycles. The molecule has 4 atom stereocenters. The van der Waals surface area contributed by atoms with Crippen molar-refractivity contribution < 1.29 is 39.0 Å². The third kappa shape index (κ3) is 7.77. The van der Waals surface area contributed by atoms with Crippen LogP contribution >= 0.6 is 0 Å². The largest absolute Gasteiger partial charge is 0.394 e. The van der Waals surface area contributed by atoms with Crippen molar-refractivity contribution in [2.75, 3.05) is 19.8 Å². The highest BCUT2D eigenvalue weighted by molar-refractivity contribution is 5.95. The maximum atomic E-state index is 12.7. The summed E-state index contributed by atoms with van der Waals surface area (Å²) in [7, 11) is 0. The Morgan fingerprint density at radius 1 is 0.969 bits per heavy atom. The van der Waals surface area contributed by atoms with Crippen LogP contribution in [0.4, 0.5) is 0 Å². The van der Waals surface area contributed by atoms with E-state index in [1.165, 1.54) is 11.8 Å². The van der Waals surface area contributed by atoms with E-state index >= 15 is 0 Å². The van der Waals surface area contributed by atoms with Crippen LogP contribution in [0.3, 0.4) is 0 Å². The Morgan fingerprint density at radius 2 is 1.59 bits per heavy atom. The highest BCUT2D eigenvalue weighted by Gasteiger charge is 2.38. The molecule has 1 rings (SSSR count). The third-order valence-electron chi connectivity index (χ3n) is 4.85. The van der Waals surface area contributed by atoms with Crippen LogP contribution in [0.15, 0.2) is 0 Å². The van der Waals surface area contributed by atoms with E-state index in [9.17, 15) is 39.0 Å². The number of hydrogen-bond donors (Lipinski definition) is 7. The average molecular weight is 458 g/mol. The number of likely N-dealkylation sites (tertiary alicyclic amines) is 1. The molecule has 1 aliphatic heterocycles. The van der Waals surface area contributed by atoms with Crippen LogP contribution in [0, 0.1) is 0 Å². The summed E-state index contributed by atoms with van der Waals surface area (Å²) in [6.07, 6.45) is 0.357. The third-order valence-corrected chi connectivity index (χ3v) is 4.85.